The van der Waals surface area contributed by atoms with E-state index in [4.69, 9.17) is 5.11 Å². The SMILES string of the molecule is C=C(C=O)CO.CCCCCCCCc1ccc(-c2ccc(-c3ccc(O)cc3)c(CC)c2)cc1. The Labute approximate surface area is 211 Å². The van der Waals surface area contributed by atoms with Crippen LogP contribution in [-0.4, -0.2) is 23.1 Å². The Balaban J connectivity index is 0.000000641. The van der Waals surface area contributed by atoms with Gasteiger partial charge in [0.25, 0.3) is 0 Å². The molecule has 0 aliphatic heterocycles. The molecule has 3 aromatic carbocycles. The lowest BCUT2D eigenvalue weighted by atomic mass is 9.93. The number of hydrogen-bond acceptors (Lipinski definition) is 3. The predicted octanol–water partition coefficient (Wildman–Crippen LogP) is 7.93. The molecule has 0 atom stereocenters. The molecule has 0 bridgehead atoms. The maximum absolute atomic E-state index is 9.55. The lowest BCUT2D eigenvalue weighted by Crippen LogP contribution is -1.90. The van der Waals surface area contributed by atoms with Gasteiger partial charge in [-0.05, 0) is 64.8 Å². The molecule has 0 radical (unpaired) electrons. The number of aliphatic hydroxyl groups excluding tert-OH is 1. The molecule has 3 aromatic rings. The zero-order valence-electron chi connectivity index (χ0n) is 21.3. The van der Waals surface area contributed by atoms with E-state index in [1.54, 1.807) is 12.1 Å². The zero-order chi connectivity index (χ0) is 25.5. The van der Waals surface area contributed by atoms with Gasteiger partial charge in [-0.2, -0.15) is 0 Å². The molecule has 0 amide bonds. The minimum Gasteiger partial charge on any atom is -0.508 e. The maximum atomic E-state index is 9.55. The Morgan fingerprint density at radius 1 is 0.800 bits per heavy atom. The van der Waals surface area contributed by atoms with Crippen LogP contribution in [0.25, 0.3) is 22.3 Å². The number of aryl methyl sites for hydroxylation is 2. The van der Waals surface area contributed by atoms with Crippen LogP contribution in [-0.2, 0) is 17.6 Å². The van der Waals surface area contributed by atoms with Gasteiger partial charge in [0.1, 0.15) is 12.0 Å². The average molecular weight is 473 g/mol. The van der Waals surface area contributed by atoms with Crippen molar-refractivity contribution in [1.29, 1.82) is 0 Å². The summed E-state index contributed by atoms with van der Waals surface area (Å²) in [6, 6.07) is 23.3. The minimum absolute atomic E-state index is 0.218. The first kappa shape index (κ1) is 28.1. The van der Waals surface area contributed by atoms with Crippen LogP contribution in [0.4, 0.5) is 0 Å². The number of phenolic OH excluding ortho intramolecular Hbond substituents is 1. The van der Waals surface area contributed by atoms with Crippen molar-refractivity contribution in [3.05, 3.63) is 90.0 Å². The Bertz CT molecular complexity index is 1030. The van der Waals surface area contributed by atoms with E-state index in [2.05, 4.69) is 62.9 Å². The monoisotopic (exact) mass is 472 g/mol. The molecule has 0 heterocycles. The van der Waals surface area contributed by atoms with Gasteiger partial charge in [-0.1, -0.05) is 107 Å². The summed E-state index contributed by atoms with van der Waals surface area (Å²) in [4.78, 5) is 9.48. The van der Waals surface area contributed by atoms with Crippen LogP contribution in [0.2, 0.25) is 0 Å². The number of hydrogen-bond donors (Lipinski definition) is 2. The molecule has 0 aliphatic carbocycles. The average Bonchev–Trinajstić information content (AvgIpc) is 2.91. The molecule has 0 aliphatic rings. The smallest absolute Gasteiger partial charge is 0.147 e. The van der Waals surface area contributed by atoms with E-state index in [9.17, 15) is 9.90 Å². The van der Waals surface area contributed by atoms with Crippen LogP contribution >= 0.6 is 0 Å². The van der Waals surface area contributed by atoms with E-state index in [1.807, 2.05) is 12.1 Å². The van der Waals surface area contributed by atoms with Gasteiger partial charge in [0.15, 0.2) is 0 Å². The normalized spacial score (nSPS) is 10.4. The van der Waals surface area contributed by atoms with Crippen molar-refractivity contribution in [3.8, 4) is 28.0 Å². The molecule has 3 nitrogen and oxygen atoms in total. The van der Waals surface area contributed by atoms with Crippen LogP contribution in [0.1, 0.15) is 63.5 Å². The highest BCUT2D eigenvalue weighted by Gasteiger charge is 2.07. The summed E-state index contributed by atoms with van der Waals surface area (Å²) in [7, 11) is 0. The lowest BCUT2D eigenvalue weighted by molar-refractivity contribution is -0.105. The first-order valence-corrected chi connectivity index (χ1v) is 12.8. The summed E-state index contributed by atoms with van der Waals surface area (Å²) in [5.74, 6) is 0.310. The number of aldehydes is 1. The number of aromatic hydroxyl groups is 1. The Morgan fingerprint density at radius 2 is 1.40 bits per heavy atom. The minimum atomic E-state index is -0.233. The highest BCUT2D eigenvalue weighted by Crippen LogP contribution is 2.30. The second kappa shape index (κ2) is 15.7. The van der Waals surface area contributed by atoms with E-state index in [1.165, 1.54) is 72.8 Å². The zero-order valence-corrected chi connectivity index (χ0v) is 21.3. The first-order chi connectivity index (χ1) is 17.0. The van der Waals surface area contributed by atoms with Gasteiger partial charge in [-0.25, -0.2) is 0 Å². The molecule has 0 unspecified atom stereocenters. The molecule has 0 saturated heterocycles. The van der Waals surface area contributed by atoms with Crippen molar-refractivity contribution in [2.24, 2.45) is 0 Å². The Morgan fingerprint density at radius 3 is 1.97 bits per heavy atom. The van der Waals surface area contributed by atoms with Crippen molar-refractivity contribution < 1.29 is 15.0 Å². The number of rotatable bonds is 12. The fourth-order valence-electron chi connectivity index (χ4n) is 4.00. The number of carbonyl (C=O) groups is 1. The number of unbranched alkanes of at least 4 members (excludes halogenated alkanes) is 5. The molecule has 2 N–H and O–H groups in total. The first-order valence-electron chi connectivity index (χ1n) is 12.8. The van der Waals surface area contributed by atoms with Crippen LogP contribution in [0, 0.1) is 0 Å². The van der Waals surface area contributed by atoms with E-state index in [0.717, 1.165) is 12.0 Å². The topological polar surface area (TPSA) is 57.5 Å². The molecule has 186 valence electrons. The Hall–Kier alpha value is -3.17. The van der Waals surface area contributed by atoms with E-state index in [0.29, 0.717) is 12.0 Å². The third-order valence-corrected chi connectivity index (χ3v) is 6.14. The molecule has 0 fully saturated rings. The van der Waals surface area contributed by atoms with Crippen LogP contribution in [0.3, 0.4) is 0 Å². The van der Waals surface area contributed by atoms with Gasteiger partial charge in [-0.3, -0.25) is 4.79 Å². The number of carbonyl (C=O) groups excluding carboxylic acids is 1. The second-order valence-corrected chi connectivity index (χ2v) is 8.92. The molecular weight excluding hydrogens is 432 g/mol. The standard InChI is InChI=1S/C28H34O.C4H6O2/c1-3-5-6-7-8-9-10-22-11-13-24(14-12-22)26-17-20-28(23(4-2)21-26)25-15-18-27(29)19-16-25;1-4(2-5)3-6/h11-21,29H,3-10H2,1-2H3;2,6H,1,3H2. The summed E-state index contributed by atoms with van der Waals surface area (Å²) in [6.45, 7) is 7.41. The third-order valence-electron chi connectivity index (χ3n) is 6.14. The molecule has 0 spiro atoms. The predicted molar refractivity (Wildman–Crippen MR) is 148 cm³/mol. The summed E-state index contributed by atoms with van der Waals surface area (Å²) >= 11 is 0. The molecule has 3 heteroatoms. The molecular formula is C32H40O3. The fraction of sp³-hybridized carbons (Fsp3) is 0.344. The van der Waals surface area contributed by atoms with E-state index < -0.39 is 0 Å². The van der Waals surface area contributed by atoms with Gasteiger partial charge in [0.2, 0.25) is 0 Å². The van der Waals surface area contributed by atoms with Crippen molar-refractivity contribution in [1.82, 2.24) is 0 Å². The largest absolute Gasteiger partial charge is 0.508 e. The summed E-state index contributed by atoms with van der Waals surface area (Å²) in [5, 5.41) is 17.6. The molecule has 35 heavy (non-hydrogen) atoms. The summed E-state index contributed by atoms with van der Waals surface area (Å²) < 4.78 is 0. The number of phenols is 1. The van der Waals surface area contributed by atoms with Gasteiger partial charge in [0, 0.05) is 5.57 Å². The highest BCUT2D eigenvalue weighted by molar-refractivity contribution is 5.74. The van der Waals surface area contributed by atoms with Gasteiger partial charge < -0.3 is 10.2 Å². The van der Waals surface area contributed by atoms with Crippen molar-refractivity contribution in [3.63, 3.8) is 0 Å². The number of benzene rings is 3. The van der Waals surface area contributed by atoms with Gasteiger partial charge >= 0.3 is 0 Å². The molecule has 0 aromatic heterocycles. The number of aliphatic hydroxyl groups is 1. The van der Waals surface area contributed by atoms with E-state index >= 15 is 0 Å². The lowest BCUT2D eigenvalue weighted by Gasteiger charge is -2.12. The summed E-state index contributed by atoms with van der Waals surface area (Å²) in [5.41, 5.74) is 7.95. The summed E-state index contributed by atoms with van der Waals surface area (Å²) in [6.07, 6.45) is 10.8. The van der Waals surface area contributed by atoms with Crippen LogP contribution in [0.15, 0.2) is 78.9 Å². The van der Waals surface area contributed by atoms with E-state index in [-0.39, 0.29) is 12.2 Å². The van der Waals surface area contributed by atoms with Crippen molar-refractivity contribution in [2.45, 2.75) is 65.2 Å². The van der Waals surface area contributed by atoms with Gasteiger partial charge in [0.05, 0.1) is 6.61 Å². The third kappa shape index (κ3) is 9.54. The van der Waals surface area contributed by atoms with Crippen LogP contribution in [0.5, 0.6) is 5.75 Å². The van der Waals surface area contributed by atoms with Crippen molar-refractivity contribution in [2.75, 3.05) is 6.61 Å². The Kier molecular flexibility index (Phi) is 12.6. The van der Waals surface area contributed by atoms with Crippen molar-refractivity contribution >= 4 is 6.29 Å². The highest BCUT2D eigenvalue weighted by atomic mass is 16.3. The fourth-order valence-corrected chi connectivity index (χ4v) is 4.00. The molecule has 3 rings (SSSR count). The van der Waals surface area contributed by atoms with Gasteiger partial charge in [-0.15, -0.1) is 0 Å². The van der Waals surface area contributed by atoms with Crippen LogP contribution < -0.4 is 0 Å². The quantitative estimate of drug-likeness (QED) is 0.160. The second-order valence-electron chi connectivity index (χ2n) is 8.92. The maximum Gasteiger partial charge on any atom is 0.147 e. The molecule has 0 saturated carbocycles.